The highest BCUT2D eigenvalue weighted by atomic mass is 32.1. The quantitative estimate of drug-likeness (QED) is 0.0953. The second-order valence-electron chi connectivity index (χ2n) is 7.43. The fourth-order valence-electron chi connectivity index (χ4n) is 2.57. The van der Waals surface area contributed by atoms with Gasteiger partial charge in [0.05, 0.1) is 12.5 Å². The molecule has 0 aromatic rings. The number of hydrogen-bond acceptors (Lipinski definition) is 8. The van der Waals surface area contributed by atoms with Gasteiger partial charge in [0.1, 0.15) is 18.1 Å². The van der Waals surface area contributed by atoms with E-state index in [1.54, 1.807) is 13.8 Å². The molecule has 0 rings (SSSR count). The lowest BCUT2D eigenvalue weighted by Gasteiger charge is -2.27. The molecule has 0 fully saturated rings. The van der Waals surface area contributed by atoms with Gasteiger partial charge in [-0.15, -0.1) is 0 Å². The highest BCUT2D eigenvalue weighted by Gasteiger charge is 2.32. The van der Waals surface area contributed by atoms with Crippen molar-refractivity contribution in [3.05, 3.63) is 0 Å². The molecule has 31 heavy (non-hydrogen) atoms. The normalized spacial score (nSPS) is 14.8. The van der Waals surface area contributed by atoms with E-state index in [9.17, 15) is 29.1 Å². The zero-order valence-corrected chi connectivity index (χ0v) is 18.7. The minimum atomic E-state index is -1.53. The molecule has 0 aliphatic heterocycles. The van der Waals surface area contributed by atoms with Gasteiger partial charge in [-0.3, -0.25) is 19.2 Å². The van der Waals surface area contributed by atoms with Gasteiger partial charge < -0.3 is 38.3 Å². The highest BCUT2D eigenvalue weighted by Crippen LogP contribution is 2.07. The van der Waals surface area contributed by atoms with Crippen molar-refractivity contribution in [2.24, 2.45) is 23.1 Å². The molecular weight excluding hydrogens is 428 g/mol. The average molecular weight is 463 g/mol. The molecule has 0 saturated carbocycles. The van der Waals surface area contributed by atoms with Gasteiger partial charge in [-0.05, 0) is 31.7 Å². The van der Waals surface area contributed by atoms with Gasteiger partial charge in [-0.25, -0.2) is 4.79 Å². The molecule has 12 nitrogen and oxygen atoms in total. The number of carboxylic acid groups (broad SMARTS) is 1. The lowest BCUT2D eigenvalue weighted by molar-refractivity contribution is -0.144. The van der Waals surface area contributed by atoms with Gasteiger partial charge in [-0.1, -0.05) is 13.8 Å². The summed E-state index contributed by atoms with van der Waals surface area (Å²) in [7, 11) is 0. The Morgan fingerprint density at radius 2 is 1.52 bits per heavy atom. The first kappa shape index (κ1) is 28.6. The van der Waals surface area contributed by atoms with Crippen LogP contribution in [0.4, 0.5) is 0 Å². The molecule has 4 unspecified atom stereocenters. The lowest BCUT2D eigenvalue weighted by Crippen LogP contribution is -2.58. The van der Waals surface area contributed by atoms with Crippen LogP contribution in [0.2, 0.25) is 0 Å². The number of rotatable bonds is 15. The molecule has 0 aromatic carbocycles. The van der Waals surface area contributed by atoms with E-state index in [1.807, 2.05) is 0 Å². The van der Waals surface area contributed by atoms with Crippen molar-refractivity contribution in [3.8, 4) is 0 Å². The number of amides is 4. The first-order valence-corrected chi connectivity index (χ1v) is 10.6. The molecule has 0 saturated heterocycles. The van der Waals surface area contributed by atoms with Crippen LogP contribution in [0.5, 0.6) is 0 Å². The summed E-state index contributed by atoms with van der Waals surface area (Å²) in [5.74, 6) is -4.68. The number of nitrogens with two attached hydrogens (primary N) is 3. The van der Waals surface area contributed by atoms with E-state index in [-0.39, 0.29) is 12.2 Å². The SMILES string of the molecule is CC(C)C(NC(=O)C(CCCCN)NC(=O)C(N)CS)C(=O)NC(CC(N)=O)C(=O)O. The van der Waals surface area contributed by atoms with E-state index < -0.39 is 66.1 Å². The van der Waals surface area contributed by atoms with Crippen molar-refractivity contribution in [1.29, 1.82) is 0 Å². The third kappa shape index (κ3) is 11.0. The molecule has 0 aliphatic rings. The van der Waals surface area contributed by atoms with Crippen LogP contribution in [0, 0.1) is 5.92 Å². The molecular formula is C18H34N6O6S. The zero-order chi connectivity index (χ0) is 24.1. The Morgan fingerprint density at radius 1 is 0.935 bits per heavy atom. The molecule has 0 heterocycles. The predicted octanol–water partition coefficient (Wildman–Crippen LogP) is -2.56. The zero-order valence-electron chi connectivity index (χ0n) is 17.8. The number of carbonyl (C=O) groups is 5. The monoisotopic (exact) mass is 462 g/mol. The van der Waals surface area contributed by atoms with E-state index in [2.05, 4.69) is 28.6 Å². The maximum Gasteiger partial charge on any atom is 0.326 e. The van der Waals surface area contributed by atoms with E-state index in [0.717, 1.165) is 0 Å². The van der Waals surface area contributed by atoms with E-state index >= 15 is 0 Å². The smallest absolute Gasteiger partial charge is 0.326 e. The van der Waals surface area contributed by atoms with Crippen LogP contribution in [0.3, 0.4) is 0 Å². The van der Waals surface area contributed by atoms with Crippen LogP contribution in [0.1, 0.15) is 39.5 Å². The Labute approximate surface area is 186 Å². The molecule has 0 radical (unpaired) electrons. The Kier molecular flexibility index (Phi) is 13.5. The molecule has 0 aromatic heterocycles. The molecule has 0 bridgehead atoms. The first-order valence-electron chi connectivity index (χ1n) is 9.93. The summed E-state index contributed by atoms with van der Waals surface area (Å²) in [6.07, 6.45) is 0.835. The minimum Gasteiger partial charge on any atom is -0.480 e. The van der Waals surface area contributed by atoms with Gasteiger partial charge >= 0.3 is 5.97 Å². The van der Waals surface area contributed by atoms with E-state index in [0.29, 0.717) is 19.4 Å². The second kappa shape index (κ2) is 14.6. The summed E-state index contributed by atoms with van der Waals surface area (Å²) in [5, 5.41) is 16.5. The standard InChI is InChI=1S/C18H34N6O6S/c1-9(2)14(17(28)23-12(18(29)30)7-13(21)25)24-16(27)11(5-3-4-6-19)22-15(26)10(20)8-31/h9-12,14,31H,3-8,19-20H2,1-2H3,(H2,21,25)(H,22,26)(H,23,28)(H,24,27)(H,29,30). The van der Waals surface area contributed by atoms with E-state index in [1.165, 1.54) is 0 Å². The van der Waals surface area contributed by atoms with Crippen molar-refractivity contribution in [2.45, 2.75) is 63.7 Å². The predicted molar refractivity (Wildman–Crippen MR) is 117 cm³/mol. The van der Waals surface area contributed by atoms with Crippen molar-refractivity contribution in [2.75, 3.05) is 12.3 Å². The number of carbonyl (C=O) groups excluding carboxylic acids is 4. The van der Waals surface area contributed by atoms with Crippen LogP contribution in [-0.4, -0.2) is 71.2 Å². The van der Waals surface area contributed by atoms with Crippen molar-refractivity contribution >= 4 is 42.2 Å². The maximum absolute atomic E-state index is 12.8. The van der Waals surface area contributed by atoms with Crippen molar-refractivity contribution in [3.63, 3.8) is 0 Å². The van der Waals surface area contributed by atoms with Crippen LogP contribution in [-0.2, 0) is 24.0 Å². The van der Waals surface area contributed by atoms with Gasteiger partial charge in [0, 0.05) is 5.75 Å². The Bertz CT molecular complexity index is 647. The van der Waals surface area contributed by atoms with Crippen LogP contribution in [0.15, 0.2) is 0 Å². The number of thiol groups is 1. The number of aliphatic carboxylic acids is 1. The van der Waals surface area contributed by atoms with Crippen LogP contribution >= 0.6 is 12.6 Å². The number of carboxylic acids is 1. The summed E-state index contributed by atoms with van der Waals surface area (Å²) >= 11 is 3.96. The molecule has 4 atom stereocenters. The fraction of sp³-hybridized carbons (Fsp3) is 0.722. The Balaban J connectivity index is 5.38. The molecule has 178 valence electrons. The number of unbranched alkanes of at least 4 members (excludes halogenated alkanes) is 1. The fourth-order valence-corrected chi connectivity index (χ4v) is 2.74. The largest absolute Gasteiger partial charge is 0.480 e. The van der Waals surface area contributed by atoms with Crippen molar-refractivity contribution < 1.29 is 29.1 Å². The van der Waals surface area contributed by atoms with Gasteiger partial charge in [-0.2, -0.15) is 12.6 Å². The van der Waals surface area contributed by atoms with Gasteiger partial charge in [0.2, 0.25) is 23.6 Å². The topological polar surface area (TPSA) is 220 Å². The molecule has 13 heteroatoms. The molecule has 10 N–H and O–H groups in total. The molecule has 0 spiro atoms. The second-order valence-corrected chi connectivity index (χ2v) is 7.80. The third-order valence-electron chi connectivity index (χ3n) is 4.38. The summed E-state index contributed by atoms with van der Waals surface area (Å²) in [4.78, 5) is 59.8. The van der Waals surface area contributed by atoms with Crippen molar-refractivity contribution in [1.82, 2.24) is 16.0 Å². The number of nitrogens with one attached hydrogen (secondary N) is 3. The molecule has 4 amide bonds. The lowest BCUT2D eigenvalue weighted by atomic mass is 10.0. The van der Waals surface area contributed by atoms with E-state index in [4.69, 9.17) is 17.2 Å². The van der Waals surface area contributed by atoms with Gasteiger partial charge in [0.15, 0.2) is 0 Å². The first-order chi connectivity index (χ1) is 14.4. The average Bonchev–Trinajstić information content (AvgIpc) is 2.68. The highest BCUT2D eigenvalue weighted by molar-refractivity contribution is 7.80. The van der Waals surface area contributed by atoms with Crippen LogP contribution < -0.4 is 33.2 Å². The minimum absolute atomic E-state index is 0.0798. The third-order valence-corrected chi connectivity index (χ3v) is 4.77. The summed E-state index contributed by atoms with van der Waals surface area (Å²) < 4.78 is 0. The number of primary amides is 1. The molecule has 0 aliphatic carbocycles. The summed E-state index contributed by atoms with van der Waals surface area (Å²) in [6, 6.07) is -4.53. The van der Waals surface area contributed by atoms with Gasteiger partial charge in [0.25, 0.3) is 0 Å². The summed E-state index contributed by atoms with van der Waals surface area (Å²) in [6.45, 7) is 3.70. The number of hydrogen-bond donors (Lipinski definition) is 8. The Hall–Kier alpha value is -2.38. The summed E-state index contributed by atoms with van der Waals surface area (Å²) in [5.41, 5.74) is 16.1. The maximum atomic E-state index is 12.8. The van der Waals surface area contributed by atoms with Crippen LogP contribution in [0.25, 0.3) is 0 Å². The Morgan fingerprint density at radius 3 is 1.97 bits per heavy atom.